The van der Waals surface area contributed by atoms with Crippen molar-refractivity contribution in [2.75, 3.05) is 18.0 Å². The Morgan fingerprint density at radius 1 is 1.30 bits per heavy atom. The van der Waals surface area contributed by atoms with Gasteiger partial charge in [-0.05, 0) is 24.3 Å². The minimum absolute atomic E-state index is 0.0244. The van der Waals surface area contributed by atoms with Crippen molar-refractivity contribution in [3.8, 4) is 5.69 Å². The third-order valence-corrected chi connectivity index (χ3v) is 4.74. The molecule has 0 saturated carbocycles. The molecule has 2 amide bonds. The first-order valence-electron chi connectivity index (χ1n) is 9.64. The lowest BCUT2D eigenvalue weighted by Gasteiger charge is -2.14. The van der Waals surface area contributed by atoms with Gasteiger partial charge in [0, 0.05) is 13.1 Å². The molecule has 4 rings (SSSR count). The molecule has 3 aromatic rings. The Morgan fingerprint density at radius 3 is 2.76 bits per heavy atom. The summed E-state index contributed by atoms with van der Waals surface area (Å²) in [7, 11) is 0. The standard InChI is InChI=1S/C19H17F4N7O3/c1-11(31)24-7-14-10-29(18(32)33-14)13-2-3-16(15(20)6-13)30-9-12(25-27-30)8-28-5-4-17(26-28)19(21,22)23/h2-6,9,14H,7-8,10H2,1H3,(H,24,31)/t14-/m0/s1. The van der Waals surface area contributed by atoms with E-state index in [9.17, 15) is 27.2 Å². The highest BCUT2D eigenvalue weighted by molar-refractivity contribution is 5.90. The minimum atomic E-state index is -4.56. The summed E-state index contributed by atoms with van der Waals surface area (Å²) in [4.78, 5) is 24.4. The lowest BCUT2D eigenvalue weighted by atomic mass is 10.2. The van der Waals surface area contributed by atoms with Crippen LogP contribution in [-0.2, 0) is 22.3 Å². The highest BCUT2D eigenvalue weighted by Crippen LogP contribution is 2.28. The lowest BCUT2D eigenvalue weighted by Crippen LogP contribution is -2.33. The molecule has 10 nitrogen and oxygen atoms in total. The fourth-order valence-electron chi connectivity index (χ4n) is 3.20. The number of cyclic esters (lactones) is 1. The molecule has 14 heteroatoms. The number of benzene rings is 1. The van der Waals surface area contributed by atoms with Crippen molar-refractivity contribution >= 4 is 17.7 Å². The van der Waals surface area contributed by atoms with E-state index in [2.05, 4.69) is 20.7 Å². The molecule has 1 atom stereocenters. The Labute approximate surface area is 183 Å². The average Bonchev–Trinajstić information content (AvgIpc) is 3.46. The van der Waals surface area contributed by atoms with E-state index in [1.54, 1.807) is 0 Å². The number of aromatic nitrogens is 5. The van der Waals surface area contributed by atoms with E-state index in [0.29, 0.717) is 0 Å². The van der Waals surface area contributed by atoms with Gasteiger partial charge in [0.25, 0.3) is 0 Å². The van der Waals surface area contributed by atoms with Gasteiger partial charge in [0.1, 0.15) is 17.5 Å². The Hall–Kier alpha value is -3.97. The number of alkyl halides is 3. The highest BCUT2D eigenvalue weighted by atomic mass is 19.4. The van der Waals surface area contributed by atoms with E-state index in [1.165, 1.54) is 30.2 Å². The highest BCUT2D eigenvalue weighted by Gasteiger charge is 2.34. The van der Waals surface area contributed by atoms with Crippen LogP contribution in [0.4, 0.5) is 28.0 Å². The second-order valence-electron chi connectivity index (χ2n) is 7.24. The topological polar surface area (TPSA) is 107 Å². The van der Waals surface area contributed by atoms with Gasteiger partial charge in [-0.25, -0.2) is 13.9 Å². The summed E-state index contributed by atoms with van der Waals surface area (Å²) in [5.41, 5.74) is -0.491. The van der Waals surface area contributed by atoms with Crippen LogP contribution in [-0.4, -0.2) is 56.0 Å². The number of halogens is 4. The lowest BCUT2D eigenvalue weighted by molar-refractivity contribution is -0.141. The van der Waals surface area contributed by atoms with Crippen molar-refractivity contribution in [3.05, 3.63) is 53.9 Å². The molecule has 1 aliphatic rings. The van der Waals surface area contributed by atoms with Crippen LogP contribution in [0.15, 0.2) is 36.7 Å². The van der Waals surface area contributed by atoms with E-state index in [-0.39, 0.29) is 42.6 Å². The first kappa shape index (κ1) is 22.2. The Kier molecular flexibility index (Phi) is 5.74. The van der Waals surface area contributed by atoms with E-state index in [1.807, 2.05) is 0 Å². The van der Waals surface area contributed by atoms with Crippen LogP contribution in [0.25, 0.3) is 5.69 Å². The van der Waals surface area contributed by atoms with E-state index in [4.69, 9.17) is 4.74 Å². The zero-order valence-electron chi connectivity index (χ0n) is 17.1. The summed E-state index contributed by atoms with van der Waals surface area (Å²) in [6.07, 6.45) is -3.27. The van der Waals surface area contributed by atoms with Gasteiger partial charge in [0.15, 0.2) is 11.5 Å². The van der Waals surface area contributed by atoms with E-state index < -0.39 is 29.9 Å². The van der Waals surface area contributed by atoms with Gasteiger partial charge in [0.2, 0.25) is 5.91 Å². The van der Waals surface area contributed by atoms with Crippen molar-refractivity contribution in [2.45, 2.75) is 25.7 Å². The zero-order chi connectivity index (χ0) is 23.8. The molecule has 2 aromatic heterocycles. The van der Waals surface area contributed by atoms with Gasteiger partial charge in [0.05, 0.1) is 31.5 Å². The number of hydrogen-bond acceptors (Lipinski definition) is 6. The summed E-state index contributed by atoms with van der Waals surface area (Å²) in [5.74, 6) is -0.971. The maximum atomic E-state index is 14.8. The largest absolute Gasteiger partial charge is 0.442 e. The molecule has 0 spiro atoms. The molecular formula is C19H17F4N7O3. The van der Waals surface area contributed by atoms with E-state index >= 15 is 0 Å². The molecule has 3 heterocycles. The number of carbonyl (C=O) groups excluding carboxylic acids is 2. The number of nitrogens with one attached hydrogen (secondary N) is 1. The predicted octanol–water partition coefficient (Wildman–Crippen LogP) is 2.13. The summed E-state index contributed by atoms with van der Waals surface area (Å²) < 4.78 is 60.1. The van der Waals surface area contributed by atoms with Gasteiger partial charge in [-0.15, -0.1) is 5.10 Å². The van der Waals surface area contributed by atoms with Crippen molar-refractivity contribution in [1.29, 1.82) is 0 Å². The molecule has 1 aromatic carbocycles. The molecule has 0 aliphatic carbocycles. The predicted molar refractivity (Wildman–Crippen MR) is 104 cm³/mol. The second kappa shape index (κ2) is 8.52. The number of nitrogens with zero attached hydrogens (tertiary/aromatic N) is 6. The van der Waals surface area contributed by atoms with E-state index in [0.717, 1.165) is 27.7 Å². The van der Waals surface area contributed by atoms with Gasteiger partial charge in [-0.1, -0.05) is 5.21 Å². The maximum absolute atomic E-state index is 14.8. The number of anilines is 1. The van der Waals surface area contributed by atoms with Gasteiger partial charge < -0.3 is 10.1 Å². The summed E-state index contributed by atoms with van der Waals surface area (Å²) in [5, 5.41) is 13.6. The molecule has 33 heavy (non-hydrogen) atoms. The van der Waals surface area contributed by atoms with Crippen molar-refractivity contribution < 1.29 is 31.9 Å². The number of rotatable bonds is 6. The SMILES string of the molecule is CC(=O)NC[C@H]1CN(c2ccc(-n3cc(Cn4ccc(C(F)(F)F)n4)nn3)c(F)c2)C(=O)O1. The van der Waals surface area contributed by atoms with Crippen molar-refractivity contribution in [3.63, 3.8) is 0 Å². The molecule has 174 valence electrons. The van der Waals surface area contributed by atoms with Crippen LogP contribution < -0.4 is 10.2 Å². The maximum Gasteiger partial charge on any atom is 0.435 e. The van der Waals surface area contributed by atoms with Crippen LogP contribution in [0, 0.1) is 5.82 Å². The van der Waals surface area contributed by atoms with Crippen LogP contribution in [0.5, 0.6) is 0 Å². The Morgan fingerprint density at radius 2 is 2.09 bits per heavy atom. The summed E-state index contributed by atoms with van der Waals surface area (Å²) in [6.45, 7) is 1.52. The first-order chi connectivity index (χ1) is 15.6. The van der Waals surface area contributed by atoms with Gasteiger partial charge in [-0.2, -0.15) is 18.3 Å². The number of carbonyl (C=O) groups is 2. The minimum Gasteiger partial charge on any atom is -0.442 e. The van der Waals surface area contributed by atoms with Gasteiger partial charge in [-0.3, -0.25) is 14.4 Å². The molecule has 0 unspecified atom stereocenters. The number of amides is 2. The first-order valence-corrected chi connectivity index (χ1v) is 9.64. The number of hydrogen-bond donors (Lipinski definition) is 1. The zero-order valence-corrected chi connectivity index (χ0v) is 17.1. The molecule has 1 N–H and O–H groups in total. The molecule has 1 saturated heterocycles. The Balaban J connectivity index is 1.46. The third kappa shape index (κ3) is 4.94. The fraction of sp³-hybridized carbons (Fsp3) is 0.316. The average molecular weight is 467 g/mol. The Bertz CT molecular complexity index is 1190. The summed E-state index contributed by atoms with van der Waals surface area (Å²) in [6, 6.07) is 4.84. The molecular weight excluding hydrogens is 450 g/mol. The molecule has 1 fully saturated rings. The van der Waals surface area contributed by atoms with Crippen LogP contribution in [0.3, 0.4) is 0 Å². The summed E-state index contributed by atoms with van der Waals surface area (Å²) >= 11 is 0. The van der Waals surface area contributed by atoms with Crippen molar-refractivity contribution in [1.82, 2.24) is 30.1 Å². The van der Waals surface area contributed by atoms with Crippen LogP contribution in [0.1, 0.15) is 18.3 Å². The van der Waals surface area contributed by atoms with Gasteiger partial charge >= 0.3 is 12.3 Å². The third-order valence-electron chi connectivity index (χ3n) is 4.74. The smallest absolute Gasteiger partial charge is 0.435 e. The fourth-order valence-corrected chi connectivity index (χ4v) is 3.20. The quantitative estimate of drug-likeness (QED) is 0.557. The molecule has 1 aliphatic heterocycles. The number of ether oxygens (including phenoxy) is 1. The van der Waals surface area contributed by atoms with Crippen LogP contribution in [0.2, 0.25) is 0 Å². The second-order valence-corrected chi connectivity index (χ2v) is 7.24. The normalized spacial score (nSPS) is 16.2. The molecule has 0 radical (unpaired) electrons. The molecule has 0 bridgehead atoms. The monoisotopic (exact) mass is 467 g/mol. The van der Waals surface area contributed by atoms with Crippen molar-refractivity contribution in [2.24, 2.45) is 0 Å². The van der Waals surface area contributed by atoms with Crippen LogP contribution >= 0.6 is 0 Å².